The van der Waals surface area contributed by atoms with E-state index in [0.29, 0.717) is 22.7 Å². The number of benzene rings is 2. The molecule has 0 spiro atoms. The van der Waals surface area contributed by atoms with Gasteiger partial charge in [-0.15, -0.1) is 0 Å². The SMILES string of the molecule is N#Cc1ccc(Cn2ccc3cc(C#N)ccc32)c(Cl)c1. The second kappa shape index (κ2) is 5.32. The van der Waals surface area contributed by atoms with Crippen molar-refractivity contribution in [2.75, 3.05) is 0 Å². The number of aromatic nitrogens is 1. The molecule has 100 valence electrons. The second-order valence-electron chi connectivity index (χ2n) is 4.75. The van der Waals surface area contributed by atoms with E-state index in [-0.39, 0.29) is 0 Å². The molecule has 21 heavy (non-hydrogen) atoms. The minimum absolute atomic E-state index is 0.555. The van der Waals surface area contributed by atoms with Crippen molar-refractivity contribution < 1.29 is 0 Å². The lowest BCUT2D eigenvalue weighted by Crippen LogP contribution is -1.99. The predicted octanol–water partition coefficient (Wildman–Crippen LogP) is 4.09. The summed E-state index contributed by atoms with van der Waals surface area (Å²) in [5.41, 5.74) is 3.21. The minimum atomic E-state index is 0.555. The molecule has 0 N–H and O–H groups in total. The number of nitriles is 2. The largest absolute Gasteiger partial charge is 0.343 e. The molecule has 0 aliphatic carbocycles. The van der Waals surface area contributed by atoms with Crippen LogP contribution in [0.15, 0.2) is 48.7 Å². The Hall–Kier alpha value is -2.75. The molecule has 0 amide bonds. The van der Waals surface area contributed by atoms with Crippen LogP contribution in [0, 0.1) is 22.7 Å². The van der Waals surface area contributed by atoms with E-state index in [9.17, 15) is 0 Å². The molecule has 0 atom stereocenters. The Morgan fingerprint density at radius 3 is 2.38 bits per heavy atom. The zero-order valence-electron chi connectivity index (χ0n) is 11.0. The Bertz CT molecular complexity index is 910. The fraction of sp³-hybridized carbons (Fsp3) is 0.0588. The van der Waals surface area contributed by atoms with Gasteiger partial charge in [-0.05, 0) is 42.0 Å². The van der Waals surface area contributed by atoms with Gasteiger partial charge in [0.25, 0.3) is 0 Å². The Kier molecular flexibility index (Phi) is 3.36. The van der Waals surface area contributed by atoms with Crippen LogP contribution in [0.5, 0.6) is 0 Å². The molecule has 0 radical (unpaired) electrons. The van der Waals surface area contributed by atoms with Gasteiger partial charge >= 0.3 is 0 Å². The van der Waals surface area contributed by atoms with Crippen LogP contribution in [0.2, 0.25) is 5.02 Å². The maximum atomic E-state index is 8.92. The average Bonchev–Trinajstić information content (AvgIpc) is 2.91. The number of rotatable bonds is 2. The minimum Gasteiger partial charge on any atom is -0.343 e. The van der Waals surface area contributed by atoms with Crippen molar-refractivity contribution in [1.82, 2.24) is 4.57 Å². The van der Waals surface area contributed by atoms with Crippen molar-refractivity contribution >= 4 is 22.5 Å². The van der Waals surface area contributed by atoms with E-state index in [2.05, 4.69) is 16.7 Å². The molecule has 4 heteroatoms. The summed E-state index contributed by atoms with van der Waals surface area (Å²) >= 11 is 6.22. The van der Waals surface area contributed by atoms with Crippen LogP contribution in [0.3, 0.4) is 0 Å². The van der Waals surface area contributed by atoms with Crippen molar-refractivity contribution in [3.05, 3.63) is 70.4 Å². The van der Waals surface area contributed by atoms with Crippen LogP contribution in [-0.2, 0) is 6.54 Å². The highest BCUT2D eigenvalue weighted by molar-refractivity contribution is 6.31. The molecule has 0 fully saturated rings. The van der Waals surface area contributed by atoms with Crippen LogP contribution in [0.1, 0.15) is 16.7 Å². The van der Waals surface area contributed by atoms with Gasteiger partial charge in [0.1, 0.15) is 0 Å². The summed E-state index contributed by atoms with van der Waals surface area (Å²) in [4.78, 5) is 0. The van der Waals surface area contributed by atoms with E-state index in [4.69, 9.17) is 22.1 Å². The van der Waals surface area contributed by atoms with E-state index < -0.39 is 0 Å². The van der Waals surface area contributed by atoms with Crippen molar-refractivity contribution in [3.8, 4) is 12.1 Å². The molecule has 0 saturated heterocycles. The summed E-state index contributed by atoms with van der Waals surface area (Å²) in [6, 6.07) is 17.1. The first-order chi connectivity index (χ1) is 10.2. The topological polar surface area (TPSA) is 52.5 Å². The summed E-state index contributed by atoms with van der Waals surface area (Å²) in [5.74, 6) is 0. The Morgan fingerprint density at radius 1 is 0.952 bits per heavy atom. The van der Waals surface area contributed by atoms with Gasteiger partial charge < -0.3 is 4.57 Å². The van der Waals surface area contributed by atoms with Gasteiger partial charge in [-0.3, -0.25) is 0 Å². The zero-order chi connectivity index (χ0) is 14.8. The third-order valence-corrected chi connectivity index (χ3v) is 3.77. The van der Waals surface area contributed by atoms with Crippen molar-refractivity contribution in [2.24, 2.45) is 0 Å². The molecule has 0 saturated carbocycles. The van der Waals surface area contributed by atoms with Gasteiger partial charge in [0.05, 0.1) is 23.3 Å². The lowest BCUT2D eigenvalue weighted by molar-refractivity contribution is 0.837. The van der Waals surface area contributed by atoms with Crippen LogP contribution < -0.4 is 0 Å². The van der Waals surface area contributed by atoms with E-state index in [1.807, 2.05) is 30.5 Å². The average molecular weight is 292 g/mol. The van der Waals surface area contributed by atoms with Gasteiger partial charge in [-0.1, -0.05) is 17.7 Å². The van der Waals surface area contributed by atoms with Crippen LogP contribution in [0.4, 0.5) is 0 Å². The molecule has 3 nitrogen and oxygen atoms in total. The molecular formula is C17H10ClN3. The monoisotopic (exact) mass is 291 g/mol. The fourth-order valence-corrected chi connectivity index (χ4v) is 2.58. The Labute approximate surface area is 127 Å². The van der Waals surface area contributed by atoms with Gasteiger partial charge in [0.2, 0.25) is 0 Å². The standard InChI is InChI=1S/C17H10ClN3/c18-16-8-13(10-20)1-3-15(16)11-21-6-5-14-7-12(9-19)2-4-17(14)21/h1-8H,11H2. The maximum Gasteiger partial charge on any atom is 0.0992 e. The number of fused-ring (bicyclic) bond motifs is 1. The quantitative estimate of drug-likeness (QED) is 0.714. The highest BCUT2D eigenvalue weighted by Gasteiger charge is 2.06. The van der Waals surface area contributed by atoms with Gasteiger partial charge in [0, 0.05) is 28.7 Å². The van der Waals surface area contributed by atoms with E-state index >= 15 is 0 Å². The molecule has 3 rings (SSSR count). The summed E-state index contributed by atoms with van der Waals surface area (Å²) in [6.45, 7) is 0.625. The zero-order valence-corrected chi connectivity index (χ0v) is 11.8. The number of hydrogen-bond acceptors (Lipinski definition) is 2. The second-order valence-corrected chi connectivity index (χ2v) is 5.15. The molecule has 2 aromatic carbocycles. The molecule has 0 bridgehead atoms. The van der Waals surface area contributed by atoms with Gasteiger partial charge in [0.15, 0.2) is 0 Å². The summed E-state index contributed by atoms with van der Waals surface area (Å²) in [5, 5.41) is 19.4. The van der Waals surface area contributed by atoms with E-state index in [0.717, 1.165) is 16.5 Å². The van der Waals surface area contributed by atoms with E-state index in [1.54, 1.807) is 18.2 Å². The molecule has 1 aromatic heterocycles. The smallest absolute Gasteiger partial charge is 0.0992 e. The first-order valence-electron chi connectivity index (χ1n) is 6.39. The fourth-order valence-electron chi connectivity index (χ4n) is 2.34. The molecule has 0 unspecified atom stereocenters. The molecule has 3 aromatic rings. The molecule has 0 aliphatic rings. The van der Waals surface area contributed by atoms with Crippen molar-refractivity contribution in [2.45, 2.75) is 6.54 Å². The number of hydrogen-bond donors (Lipinski definition) is 0. The van der Waals surface area contributed by atoms with E-state index in [1.165, 1.54) is 0 Å². The summed E-state index contributed by atoms with van der Waals surface area (Å²) in [6.07, 6.45) is 1.97. The lowest BCUT2D eigenvalue weighted by Gasteiger charge is -2.08. The molecule has 1 heterocycles. The third kappa shape index (κ3) is 2.48. The van der Waals surface area contributed by atoms with Crippen LogP contribution >= 0.6 is 11.6 Å². The van der Waals surface area contributed by atoms with Gasteiger partial charge in [-0.25, -0.2) is 0 Å². The predicted molar refractivity (Wildman–Crippen MR) is 81.9 cm³/mol. The highest BCUT2D eigenvalue weighted by atomic mass is 35.5. The van der Waals surface area contributed by atoms with Crippen molar-refractivity contribution in [3.63, 3.8) is 0 Å². The first kappa shape index (κ1) is 13.2. The maximum absolute atomic E-state index is 8.92. The highest BCUT2D eigenvalue weighted by Crippen LogP contribution is 2.22. The first-order valence-corrected chi connectivity index (χ1v) is 6.76. The lowest BCUT2D eigenvalue weighted by atomic mass is 10.1. The molecule has 0 aliphatic heterocycles. The Morgan fingerprint density at radius 2 is 1.67 bits per heavy atom. The number of halogens is 1. The summed E-state index contributed by atoms with van der Waals surface area (Å²) < 4.78 is 2.07. The number of nitrogens with zero attached hydrogens (tertiary/aromatic N) is 3. The van der Waals surface area contributed by atoms with Gasteiger partial charge in [-0.2, -0.15) is 10.5 Å². The van der Waals surface area contributed by atoms with Crippen molar-refractivity contribution in [1.29, 1.82) is 10.5 Å². The summed E-state index contributed by atoms with van der Waals surface area (Å²) in [7, 11) is 0. The normalized spacial score (nSPS) is 10.2. The Balaban J connectivity index is 1.99. The van der Waals surface area contributed by atoms with Crippen LogP contribution in [0.25, 0.3) is 10.9 Å². The van der Waals surface area contributed by atoms with Crippen LogP contribution in [-0.4, -0.2) is 4.57 Å². The third-order valence-electron chi connectivity index (χ3n) is 3.42. The molecular weight excluding hydrogens is 282 g/mol.